The van der Waals surface area contributed by atoms with Gasteiger partial charge in [0.2, 0.25) is 5.91 Å². The molecule has 0 radical (unpaired) electrons. The number of benzene rings is 1. The van der Waals surface area contributed by atoms with Gasteiger partial charge in [0, 0.05) is 12.1 Å². The second-order valence-electron chi connectivity index (χ2n) is 7.15. The molecule has 0 aliphatic heterocycles. The maximum atomic E-state index is 12.4. The summed E-state index contributed by atoms with van der Waals surface area (Å²) in [4.78, 5) is 16.8. The monoisotopic (exact) mass is 406 g/mol. The molecular weight excluding hydrogens is 384 g/mol. The highest BCUT2D eigenvalue weighted by Crippen LogP contribution is 2.24. The maximum absolute atomic E-state index is 12.4. The lowest BCUT2D eigenvalue weighted by atomic mass is 10.1. The molecule has 0 bridgehead atoms. The summed E-state index contributed by atoms with van der Waals surface area (Å²) in [5, 5.41) is 15.4. The zero-order valence-electron chi connectivity index (χ0n) is 17.0. The van der Waals surface area contributed by atoms with Gasteiger partial charge in [0.25, 0.3) is 5.89 Å². The number of rotatable bonds is 7. The number of carbonyl (C=O) groups is 1. The van der Waals surface area contributed by atoms with Crippen molar-refractivity contribution >= 4 is 11.6 Å². The number of fused-ring (bicyclic) bond motifs is 1. The number of amides is 1. The summed E-state index contributed by atoms with van der Waals surface area (Å²) < 4.78 is 12.4. The SMILES string of the molecule is COc1cccc(CC(=O)NCc2nnc3c(-c4nc(C(C)C)no4)cccn23)c1. The van der Waals surface area contributed by atoms with Crippen LogP contribution in [0.2, 0.25) is 0 Å². The number of carbonyl (C=O) groups excluding carboxylic acids is 1. The van der Waals surface area contributed by atoms with E-state index in [9.17, 15) is 4.79 Å². The van der Waals surface area contributed by atoms with Crippen LogP contribution in [-0.2, 0) is 17.8 Å². The molecule has 1 aromatic carbocycles. The van der Waals surface area contributed by atoms with Crippen molar-refractivity contribution in [3.05, 3.63) is 59.8 Å². The van der Waals surface area contributed by atoms with E-state index in [0.29, 0.717) is 28.8 Å². The number of methoxy groups -OCH3 is 1. The van der Waals surface area contributed by atoms with Gasteiger partial charge in [-0.05, 0) is 29.8 Å². The minimum atomic E-state index is -0.116. The zero-order chi connectivity index (χ0) is 21.1. The quantitative estimate of drug-likeness (QED) is 0.503. The summed E-state index contributed by atoms with van der Waals surface area (Å²) in [6.07, 6.45) is 2.08. The van der Waals surface area contributed by atoms with Crippen molar-refractivity contribution in [3.8, 4) is 17.2 Å². The fraction of sp³-hybridized carbons (Fsp3) is 0.286. The first-order chi connectivity index (χ1) is 14.5. The fourth-order valence-corrected chi connectivity index (χ4v) is 3.04. The molecule has 0 saturated carbocycles. The highest BCUT2D eigenvalue weighted by Gasteiger charge is 2.17. The molecular formula is C21H22N6O3. The molecule has 3 aromatic heterocycles. The third kappa shape index (κ3) is 4.00. The van der Waals surface area contributed by atoms with Gasteiger partial charge in [0.15, 0.2) is 17.3 Å². The van der Waals surface area contributed by atoms with Gasteiger partial charge < -0.3 is 14.6 Å². The molecule has 0 unspecified atom stereocenters. The predicted molar refractivity (Wildman–Crippen MR) is 109 cm³/mol. The molecule has 0 aliphatic carbocycles. The first-order valence-electron chi connectivity index (χ1n) is 9.61. The van der Waals surface area contributed by atoms with Gasteiger partial charge in [0.1, 0.15) is 5.75 Å². The molecule has 0 fully saturated rings. The van der Waals surface area contributed by atoms with Crippen molar-refractivity contribution in [1.82, 2.24) is 30.1 Å². The molecule has 4 aromatic rings. The molecule has 0 aliphatic rings. The Labute approximate surface area is 173 Å². The van der Waals surface area contributed by atoms with Crippen LogP contribution in [0.1, 0.15) is 37.0 Å². The summed E-state index contributed by atoms with van der Waals surface area (Å²) in [6, 6.07) is 11.1. The molecule has 0 saturated heterocycles. The Morgan fingerprint density at radius 1 is 1.23 bits per heavy atom. The minimum absolute atomic E-state index is 0.116. The first kappa shape index (κ1) is 19.6. The van der Waals surface area contributed by atoms with Crippen molar-refractivity contribution in [3.63, 3.8) is 0 Å². The van der Waals surface area contributed by atoms with Gasteiger partial charge in [0.05, 0.1) is 25.6 Å². The Hall–Kier alpha value is -3.75. The Bertz CT molecular complexity index is 1180. The van der Waals surface area contributed by atoms with E-state index in [2.05, 4.69) is 25.7 Å². The van der Waals surface area contributed by atoms with Crippen LogP contribution >= 0.6 is 0 Å². The van der Waals surface area contributed by atoms with Gasteiger partial charge >= 0.3 is 0 Å². The molecule has 0 atom stereocenters. The average Bonchev–Trinajstić information content (AvgIpc) is 3.40. The molecule has 4 rings (SSSR count). The standard InChI is InChI=1S/C21H22N6O3/c1-13(2)19-23-21(30-26-19)16-8-5-9-27-17(24-25-20(16)27)12-22-18(28)11-14-6-4-7-15(10-14)29-3/h4-10,13H,11-12H2,1-3H3,(H,22,28). The molecule has 30 heavy (non-hydrogen) atoms. The molecule has 1 N–H and O–H groups in total. The van der Waals surface area contributed by atoms with E-state index < -0.39 is 0 Å². The number of pyridine rings is 1. The second kappa shape index (κ2) is 8.32. The van der Waals surface area contributed by atoms with Gasteiger partial charge in [-0.3, -0.25) is 9.20 Å². The number of nitrogens with one attached hydrogen (secondary N) is 1. The molecule has 154 valence electrons. The largest absolute Gasteiger partial charge is 0.497 e. The van der Waals surface area contributed by atoms with Gasteiger partial charge in [-0.1, -0.05) is 31.1 Å². The summed E-state index contributed by atoms with van der Waals surface area (Å²) in [5.74, 6) is 2.40. The normalized spacial score (nSPS) is 11.2. The Kier molecular flexibility index (Phi) is 5.42. The number of nitrogens with zero attached hydrogens (tertiary/aromatic N) is 5. The Morgan fingerprint density at radius 2 is 2.10 bits per heavy atom. The van der Waals surface area contributed by atoms with E-state index in [0.717, 1.165) is 11.3 Å². The first-order valence-corrected chi connectivity index (χ1v) is 9.61. The third-order valence-corrected chi connectivity index (χ3v) is 4.64. The summed E-state index contributed by atoms with van der Waals surface area (Å²) in [5.41, 5.74) is 2.16. The highest BCUT2D eigenvalue weighted by molar-refractivity contribution is 5.78. The van der Waals surface area contributed by atoms with E-state index in [1.54, 1.807) is 11.5 Å². The highest BCUT2D eigenvalue weighted by atomic mass is 16.5. The molecule has 9 nitrogen and oxygen atoms in total. The predicted octanol–water partition coefficient (Wildman–Crippen LogP) is 2.77. The van der Waals surface area contributed by atoms with Crippen molar-refractivity contribution in [2.24, 2.45) is 0 Å². The van der Waals surface area contributed by atoms with Gasteiger partial charge in [-0.25, -0.2) is 0 Å². The number of ether oxygens (including phenoxy) is 1. The van der Waals surface area contributed by atoms with Crippen LogP contribution in [0.5, 0.6) is 5.75 Å². The number of aromatic nitrogens is 5. The Morgan fingerprint density at radius 3 is 2.87 bits per heavy atom. The van der Waals surface area contributed by atoms with Crippen LogP contribution < -0.4 is 10.1 Å². The van der Waals surface area contributed by atoms with Crippen LogP contribution in [0.15, 0.2) is 47.1 Å². The maximum Gasteiger partial charge on any atom is 0.261 e. The molecule has 3 heterocycles. The summed E-state index contributed by atoms with van der Waals surface area (Å²) >= 11 is 0. The topological polar surface area (TPSA) is 107 Å². The molecule has 9 heteroatoms. The van der Waals surface area contributed by atoms with Crippen molar-refractivity contribution in [1.29, 1.82) is 0 Å². The molecule has 1 amide bonds. The van der Waals surface area contributed by atoms with E-state index in [1.165, 1.54) is 0 Å². The van der Waals surface area contributed by atoms with E-state index in [-0.39, 0.29) is 24.8 Å². The van der Waals surface area contributed by atoms with E-state index >= 15 is 0 Å². The van der Waals surface area contributed by atoms with E-state index in [4.69, 9.17) is 9.26 Å². The van der Waals surface area contributed by atoms with E-state index in [1.807, 2.05) is 56.4 Å². The van der Waals surface area contributed by atoms with Crippen molar-refractivity contribution in [2.75, 3.05) is 7.11 Å². The summed E-state index contributed by atoms with van der Waals surface area (Å²) in [7, 11) is 1.60. The summed E-state index contributed by atoms with van der Waals surface area (Å²) in [6.45, 7) is 4.24. The number of hydrogen-bond acceptors (Lipinski definition) is 7. The van der Waals surface area contributed by atoms with Gasteiger partial charge in [-0.2, -0.15) is 4.98 Å². The van der Waals surface area contributed by atoms with Crippen LogP contribution in [0.4, 0.5) is 0 Å². The van der Waals surface area contributed by atoms with Crippen LogP contribution in [0, 0.1) is 0 Å². The lowest BCUT2D eigenvalue weighted by Crippen LogP contribution is -2.25. The van der Waals surface area contributed by atoms with Crippen LogP contribution in [0.3, 0.4) is 0 Å². The fourth-order valence-electron chi connectivity index (χ4n) is 3.04. The van der Waals surface area contributed by atoms with Gasteiger partial charge in [-0.15, -0.1) is 10.2 Å². The minimum Gasteiger partial charge on any atom is -0.497 e. The van der Waals surface area contributed by atoms with Crippen molar-refractivity contribution < 1.29 is 14.1 Å². The average molecular weight is 406 g/mol. The lowest BCUT2D eigenvalue weighted by molar-refractivity contribution is -0.120. The second-order valence-corrected chi connectivity index (χ2v) is 7.15. The molecule has 0 spiro atoms. The number of hydrogen-bond donors (Lipinski definition) is 1. The van der Waals surface area contributed by atoms with Crippen LogP contribution in [-0.4, -0.2) is 37.8 Å². The van der Waals surface area contributed by atoms with Crippen LogP contribution in [0.25, 0.3) is 17.1 Å². The Balaban J connectivity index is 1.49. The zero-order valence-corrected chi connectivity index (χ0v) is 17.0. The third-order valence-electron chi connectivity index (χ3n) is 4.64. The lowest BCUT2D eigenvalue weighted by Gasteiger charge is -2.06. The smallest absolute Gasteiger partial charge is 0.261 e. The van der Waals surface area contributed by atoms with Crippen molar-refractivity contribution in [2.45, 2.75) is 32.7 Å².